The van der Waals surface area contributed by atoms with Crippen LogP contribution in [0.5, 0.6) is 0 Å². The van der Waals surface area contributed by atoms with Gasteiger partial charge in [0.2, 0.25) is 0 Å². The minimum atomic E-state index is 0. The summed E-state index contributed by atoms with van der Waals surface area (Å²) in [6.45, 7) is 0. The van der Waals surface area contributed by atoms with Crippen molar-refractivity contribution < 1.29 is 32.7 Å². The molecule has 0 amide bonds. The molecule has 1 radical (unpaired) electrons. The predicted molar refractivity (Wildman–Crippen MR) is 60.4 cm³/mol. The van der Waals surface area contributed by atoms with E-state index >= 15 is 0 Å². The van der Waals surface area contributed by atoms with Gasteiger partial charge < -0.3 is 15.0 Å². The van der Waals surface area contributed by atoms with E-state index in [1.807, 2.05) is 30.3 Å². The molecular formula is C13H7N3Y-2. The fourth-order valence-electron chi connectivity index (χ4n) is 1.56. The monoisotopic (exact) mass is 294 g/mol. The first-order valence-corrected chi connectivity index (χ1v) is 4.89. The SMILES string of the molecule is [Y].[c-]1ncncc1-c1[c-]nc2ccccc2c1. The van der Waals surface area contributed by atoms with E-state index in [1.165, 1.54) is 6.33 Å². The maximum absolute atomic E-state index is 4.26. The first kappa shape index (κ1) is 12.3. The quantitative estimate of drug-likeness (QED) is 0.646. The van der Waals surface area contributed by atoms with Gasteiger partial charge in [-0.3, -0.25) is 0 Å². The van der Waals surface area contributed by atoms with Crippen molar-refractivity contribution in [2.75, 3.05) is 0 Å². The van der Waals surface area contributed by atoms with Gasteiger partial charge in [-0.1, -0.05) is 48.2 Å². The molecule has 79 valence electrons. The van der Waals surface area contributed by atoms with Crippen LogP contribution in [-0.4, -0.2) is 15.0 Å². The van der Waals surface area contributed by atoms with Gasteiger partial charge in [-0.25, -0.2) is 5.56 Å². The van der Waals surface area contributed by atoms with Gasteiger partial charge >= 0.3 is 0 Å². The van der Waals surface area contributed by atoms with Crippen molar-refractivity contribution in [1.82, 2.24) is 15.0 Å². The molecule has 0 aliphatic heterocycles. The molecule has 0 fully saturated rings. The van der Waals surface area contributed by atoms with Gasteiger partial charge in [-0.05, 0) is 5.52 Å². The van der Waals surface area contributed by atoms with Crippen LogP contribution in [0.25, 0.3) is 22.0 Å². The van der Waals surface area contributed by atoms with E-state index in [9.17, 15) is 0 Å². The molecule has 0 saturated heterocycles. The van der Waals surface area contributed by atoms with Crippen LogP contribution in [0.4, 0.5) is 0 Å². The third kappa shape index (κ3) is 2.56. The molecule has 3 aromatic rings. The average Bonchev–Trinajstić information content (AvgIpc) is 2.39. The molecule has 0 aliphatic rings. The number of para-hydroxylation sites is 1. The van der Waals surface area contributed by atoms with Crippen LogP contribution in [0.15, 0.2) is 42.9 Å². The van der Waals surface area contributed by atoms with E-state index in [-0.39, 0.29) is 32.7 Å². The van der Waals surface area contributed by atoms with E-state index in [0.717, 1.165) is 22.0 Å². The Morgan fingerprint density at radius 1 is 1.00 bits per heavy atom. The first-order chi connectivity index (χ1) is 7.93. The molecule has 2 heterocycles. The van der Waals surface area contributed by atoms with Crippen molar-refractivity contribution in [3.05, 3.63) is 55.2 Å². The summed E-state index contributed by atoms with van der Waals surface area (Å²) < 4.78 is 0. The van der Waals surface area contributed by atoms with E-state index in [4.69, 9.17) is 0 Å². The summed E-state index contributed by atoms with van der Waals surface area (Å²) in [4.78, 5) is 12.1. The normalized spacial score (nSPS) is 9.88. The zero-order chi connectivity index (χ0) is 10.8. The topological polar surface area (TPSA) is 38.7 Å². The van der Waals surface area contributed by atoms with Crippen molar-refractivity contribution in [2.24, 2.45) is 0 Å². The van der Waals surface area contributed by atoms with Gasteiger partial charge in [-0.2, -0.15) is 11.6 Å². The molecule has 2 aromatic heterocycles. The molecule has 0 saturated carbocycles. The van der Waals surface area contributed by atoms with Crippen molar-refractivity contribution in [3.63, 3.8) is 0 Å². The summed E-state index contributed by atoms with van der Waals surface area (Å²) in [6, 6.07) is 9.93. The van der Waals surface area contributed by atoms with Crippen LogP contribution in [0.2, 0.25) is 0 Å². The van der Waals surface area contributed by atoms with Gasteiger partial charge in [0.15, 0.2) is 0 Å². The Morgan fingerprint density at radius 2 is 1.88 bits per heavy atom. The summed E-state index contributed by atoms with van der Waals surface area (Å²) in [5.74, 6) is 0. The second-order valence-electron chi connectivity index (χ2n) is 3.39. The molecule has 17 heavy (non-hydrogen) atoms. The minimum Gasteiger partial charge on any atom is -0.362 e. The van der Waals surface area contributed by atoms with Gasteiger partial charge in [0.05, 0.1) is 0 Å². The van der Waals surface area contributed by atoms with Crippen LogP contribution >= 0.6 is 0 Å². The molecule has 0 atom stereocenters. The molecule has 0 aliphatic carbocycles. The second-order valence-corrected chi connectivity index (χ2v) is 3.39. The molecule has 4 heteroatoms. The zero-order valence-electron chi connectivity index (χ0n) is 8.96. The zero-order valence-corrected chi connectivity index (χ0v) is 11.8. The fraction of sp³-hybridized carbons (Fsp3) is 0. The minimum absolute atomic E-state index is 0. The summed E-state index contributed by atoms with van der Waals surface area (Å²) in [5.41, 5.74) is 2.60. The predicted octanol–water partition coefficient (Wildman–Crippen LogP) is 2.29. The van der Waals surface area contributed by atoms with Gasteiger partial charge in [-0.15, -0.1) is 0 Å². The fourth-order valence-corrected chi connectivity index (χ4v) is 1.56. The van der Waals surface area contributed by atoms with Crippen LogP contribution in [0.1, 0.15) is 0 Å². The van der Waals surface area contributed by atoms with Crippen molar-refractivity contribution >= 4 is 10.9 Å². The molecule has 3 rings (SSSR count). The van der Waals surface area contributed by atoms with Gasteiger partial charge in [0.1, 0.15) is 0 Å². The summed E-state index contributed by atoms with van der Waals surface area (Å²) in [6.07, 6.45) is 8.99. The Morgan fingerprint density at radius 3 is 2.71 bits per heavy atom. The standard InChI is InChI=1S/C13H7N3.Y/c1-2-4-13-10(3-1)5-11(8-16-13)12-6-14-9-15-7-12;/h1-6,9H;/q-2;. The Bertz CT molecular complexity index is 626. The third-order valence-corrected chi connectivity index (χ3v) is 2.34. The number of nitrogens with zero attached hydrogens (tertiary/aromatic N) is 3. The van der Waals surface area contributed by atoms with Crippen LogP contribution in [0, 0.1) is 12.4 Å². The largest absolute Gasteiger partial charge is 0.362 e. The number of benzene rings is 1. The first-order valence-electron chi connectivity index (χ1n) is 4.89. The van der Waals surface area contributed by atoms with E-state index in [1.54, 1.807) is 6.20 Å². The Labute approximate surface area is 124 Å². The summed E-state index contributed by atoms with van der Waals surface area (Å²) in [7, 11) is 0. The van der Waals surface area contributed by atoms with Crippen molar-refractivity contribution in [2.45, 2.75) is 0 Å². The van der Waals surface area contributed by atoms with E-state index in [0.29, 0.717) is 0 Å². The second kappa shape index (κ2) is 5.43. The van der Waals surface area contributed by atoms with E-state index < -0.39 is 0 Å². The van der Waals surface area contributed by atoms with Crippen LogP contribution in [0.3, 0.4) is 0 Å². The number of pyridine rings is 1. The van der Waals surface area contributed by atoms with Crippen LogP contribution in [-0.2, 0) is 32.7 Å². The van der Waals surface area contributed by atoms with E-state index in [2.05, 4.69) is 27.3 Å². The molecule has 0 spiro atoms. The third-order valence-electron chi connectivity index (χ3n) is 2.34. The number of aromatic nitrogens is 3. The molecule has 0 N–H and O–H groups in total. The maximum Gasteiger partial charge on any atom is 0.0270 e. The van der Waals surface area contributed by atoms with Crippen molar-refractivity contribution in [1.29, 1.82) is 0 Å². The number of hydrogen-bond donors (Lipinski definition) is 0. The van der Waals surface area contributed by atoms with Crippen LogP contribution < -0.4 is 0 Å². The average molecular weight is 294 g/mol. The van der Waals surface area contributed by atoms with Crippen molar-refractivity contribution in [3.8, 4) is 11.1 Å². The van der Waals surface area contributed by atoms with Gasteiger partial charge in [0, 0.05) is 39.0 Å². The number of fused-ring (bicyclic) bond motifs is 1. The molecule has 0 unspecified atom stereocenters. The smallest absolute Gasteiger partial charge is 0.0270 e. The number of rotatable bonds is 1. The summed E-state index contributed by atoms with van der Waals surface area (Å²) in [5, 5.41) is 1.08. The Balaban J connectivity index is 0.00000108. The molecule has 1 aromatic carbocycles. The Hall–Kier alpha value is -1.19. The molecular weight excluding hydrogens is 287 g/mol. The maximum atomic E-state index is 4.26. The summed E-state index contributed by atoms with van der Waals surface area (Å²) >= 11 is 0. The van der Waals surface area contributed by atoms with Gasteiger partial charge in [0.25, 0.3) is 0 Å². The molecule has 0 bridgehead atoms. The number of hydrogen-bond acceptors (Lipinski definition) is 3. The molecule has 3 nitrogen and oxygen atoms in total. The Kier molecular flexibility index (Phi) is 3.92.